The van der Waals surface area contributed by atoms with Crippen molar-refractivity contribution in [1.29, 1.82) is 0 Å². The minimum absolute atomic E-state index is 0.0447. The van der Waals surface area contributed by atoms with Crippen molar-refractivity contribution >= 4 is 29.6 Å². The molecule has 0 unspecified atom stereocenters. The molecular formula is C18H30N4O6. The van der Waals surface area contributed by atoms with E-state index in [1.54, 1.807) is 6.92 Å². The van der Waals surface area contributed by atoms with E-state index in [0.29, 0.717) is 25.9 Å². The number of hydrogen-bond donors (Lipinski definition) is 3. The molecule has 4 amide bonds. The topological polar surface area (TPSA) is 150 Å². The van der Waals surface area contributed by atoms with Crippen LogP contribution < -0.4 is 11.1 Å². The molecule has 10 heteroatoms. The van der Waals surface area contributed by atoms with Gasteiger partial charge in [0, 0.05) is 25.9 Å². The molecule has 1 rings (SSSR count). The fourth-order valence-electron chi connectivity index (χ4n) is 3.21. The zero-order valence-electron chi connectivity index (χ0n) is 16.6. The highest BCUT2D eigenvalue weighted by atomic mass is 16.4. The first-order chi connectivity index (χ1) is 13.1. The SMILES string of the molecule is CCNC(=O)[C@@H]1CCCN1C(=O)[C@H](C)N(C(=O)CCCC(=O)O)C(=O)[C@H](C)N. The molecule has 1 aliphatic rings. The number of likely N-dealkylation sites (N-methyl/N-ethyl adjacent to an activating group) is 1. The van der Waals surface area contributed by atoms with Gasteiger partial charge in [-0.15, -0.1) is 0 Å². The van der Waals surface area contributed by atoms with E-state index < -0.39 is 41.8 Å². The number of carboxylic acid groups (broad SMARTS) is 1. The summed E-state index contributed by atoms with van der Waals surface area (Å²) in [5, 5.41) is 11.4. The molecule has 1 heterocycles. The molecule has 10 nitrogen and oxygen atoms in total. The maximum atomic E-state index is 13.0. The van der Waals surface area contributed by atoms with E-state index in [1.165, 1.54) is 18.7 Å². The van der Waals surface area contributed by atoms with E-state index in [4.69, 9.17) is 10.8 Å². The van der Waals surface area contributed by atoms with Crippen LogP contribution in [-0.4, -0.2) is 75.7 Å². The third kappa shape index (κ3) is 6.01. The van der Waals surface area contributed by atoms with Crippen LogP contribution in [0.15, 0.2) is 0 Å². The number of nitrogens with two attached hydrogens (primary N) is 1. The largest absolute Gasteiger partial charge is 0.481 e. The number of rotatable bonds is 9. The lowest BCUT2D eigenvalue weighted by Gasteiger charge is -2.33. The van der Waals surface area contributed by atoms with Gasteiger partial charge in [-0.1, -0.05) is 0 Å². The van der Waals surface area contributed by atoms with Crippen molar-refractivity contribution in [1.82, 2.24) is 15.1 Å². The van der Waals surface area contributed by atoms with Gasteiger partial charge in [-0.2, -0.15) is 0 Å². The van der Waals surface area contributed by atoms with Crippen LogP contribution in [0.4, 0.5) is 0 Å². The number of likely N-dealkylation sites (tertiary alicyclic amines) is 1. The highest BCUT2D eigenvalue weighted by Crippen LogP contribution is 2.21. The average molecular weight is 398 g/mol. The van der Waals surface area contributed by atoms with E-state index in [1.807, 2.05) is 0 Å². The van der Waals surface area contributed by atoms with E-state index in [0.717, 1.165) is 4.90 Å². The highest BCUT2D eigenvalue weighted by molar-refractivity contribution is 6.02. The lowest BCUT2D eigenvalue weighted by molar-refractivity contribution is -0.156. The molecule has 4 N–H and O–H groups in total. The Kier molecular flexibility index (Phi) is 9.04. The van der Waals surface area contributed by atoms with Crippen LogP contribution in [-0.2, 0) is 24.0 Å². The van der Waals surface area contributed by atoms with Crippen molar-refractivity contribution in [2.75, 3.05) is 13.1 Å². The second-order valence-electron chi connectivity index (χ2n) is 6.90. The summed E-state index contributed by atoms with van der Waals surface area (Å²) in [6, 6.07) is -2.77. The van der Waals surface area contributed by atoms with Crippen molar-refractivity contribution < 1.29 is 29.1 Å². The Bertz CT molecular complexity index is 621. The fraction of sp³-hybridized carbons (Fsp3) is 0.722. The predicted octanol–water partition coefficient (Wildman–Crippen LogP) is -0.541. The number of carbonyl (C=O) groups excluding carboxylic acids is 4. The quantitative estimate of drug-likeness (QED) is 0.472. The first kappa shape index (κ1) is 23.5. The molecular weight excluding hydrogens is 368 g/mol. The highest BCUT2D eigenvalue weighted by Gasteiger charge is 2.40. The molecule has 0 aromatic carbocycles. The van der Waals surface area contributed by atoms with Crippen molar-refractivity contribution in [2.24, 2.45) is 5.73 Å². The van der Waals surface area contributed by atoms with Gasteiger partial charge in [-0.05, 0) is 40.0 Å². The maximum Gasteiger partial charge on any atom is 0.303 e. The molecule has 0 saturated carbocycles. The third-order valence-electron chi connectivity index (χ3n) is 4.61. The van der Waals surface area contributed by atoms with Gasteiger partial charge in [-0.3, -0.25) is 28.9 Å². The summed E-state index contributed by atoms with van der Waals surface area (Å²) in [5.41, 5.74) is 5.63. The Morgan fingerprint density at radius 2 is 1.86 bits per heavy atom. The molecule has 0 bridgehead atoms. The Morgan fingerprint density at radius 3 is 2.39 bits per heavy atom. The molecule has 0 aromatic rings. The van der Waals surface area contributed by atoms with Gasteiger partial charge >= 0.3 is 5.97 Å². The Morgan fingerprint density at radius 1 is 1.21 bits per heavy atom. The average Bonchev–Trinajstić information content (AvgIpc) is 3.10. The zero-order chi connectivity index (χ0) is 21.4. The number of hydrogen-bond acceptors (Lipinski definition) is 6. The predicted molar refractivity (Wildman–Crippen MR) is 99.9 cm³/mol. The van der Waals surface area contributed by atoms with Crippen LogP contribution in [0.2, 0.25) is 0 Å². The maximum absolute atomic E-state index is 13.0. The summed E-state index contributed by atoms with van der Waals surface area (Å²) >= 11 is 0. The van der Waals surface area contributed by atoms with Crippen LogP contribution in [0.5, 0.6) is 0 Å². The second kappa shape index (κ2) is 10.7. The number of carboxylic acids is 1. The summed E-state index contributed by atoms with van der Waals surface area (Å²) in [6.07, 6.45) is 0.789. The van der Waals surface area contributed by atoms with Gasteiger partial charge in [0.05, 0.1) is 6.04 Å². The first-order valence-corrected chi connectivity index (χ1v) is 9.53. The molecule has 158 valence electrons. The van der Waals surface area contributed by atoms with E-state index in [-0.39, 0.29) is 25.2 Å². The third-order valence-corrected chi connectivity index (χ3v) is 4.61. The molecule has 1 fully saturated rings. The number of imide groups is 1. The van der Waals surface area contributed by atoms with Gasteiger partial charge in [0.15, 0.2) is 0 Å². The summed E-state index contributed by atoms with van der Waals surface area (Å²) in [6.45, 7) is 5.40. The Balaban J connectivity index is 2.97. The molecule has 0 aliphatic carbocycles. The molecule has 3 atom stereocenters. The lowest BCUT2D eigenvalue weighted by atomic mass is 10.1. The number of nitrogens with one attached hydrogen (secondary N) is 1. The van der Waals surface area contributed by atoms with Gasteiger partial charge in [0.2, 0.25) is 23.6 Å². The van der Waals surface area contributed by atoms with Crippen molar-refractivity contribution in [3.8, 4) is 0 Å². The van der Waals surface area contributed by atoms with Crippen molar-refractivity contribution in [3.05, 3.63) is 0 Å². The van der Waals surface area contributed by atoms with Crippen LogP contribution in [0, 0.1) is 0 Å². The van der Waals surface area contributed by atoms with E-state index >= 15 is 0 Å². The van der Waals surface area contributed by atoms with Crippen LogP contribution in [0.3, 0.4) is 0 Å². The van der Waals surface area contributed by atoms with Crippen molar-refractivity contribution in [3.63, 3.8) is 0 Å². The summed E-state index contributed by atoms with van der Waals surface area (Å²) in [7, 11) is 0. The summed E-state index contributed by atoms with van der Waals surface area (Å²) in [5.74, 6) is -3.19. The zero-order valence-corrected chi connectivity index (χ0v) is 16.6. The molecule has 1 saturated heterocycles. The Hall–Kier alpha value is -2.49. The fourth-order valence-corrected chi connectivity index (χ4v) is 3.21. The first-order valence-electron chi connectivity index (χ1n) is 9.53. The smallest absolute Gasteiger partial charge is 0.303 e. The van der Waals surface area contributed by atoms with Gasteiger partial charge < -0.3 is 21.1 Å². The number of aliphatic carboxylic acids is 1. The van der Waals surface area contributed by atoms with Crippen LogP contribution in [0.1, 0.15) is 52.9 Å². The summed E-state index contributed by atoms with van der Waals surface area (Å²) < 4.78 is 0. The number of nitrogens with zero attached hydrogens (tertiary/aromatic N) is 2. The molecule has 28 heavy (non-hydrogen) atoms. The normalized spacial score (nSPS) is 18.3. The van der Waals surface area contributed by atoms with Crippen LogP contribution >= 0.6 is 0 Å². The monoisotopic (exact) mass is 398 g/mol. The molecule has 1 aliphatic heterocycles. The van der Waals surface area contributed by atoms with Crippen LogP contribution in [0.25, 0.3) is 0 Å². The number of amides is 4. The minimum Gasteiger partial charge on any atom is -0.481 e. The van der Waals surface area contributed by atoms with E-state index in [2.05, 4.69) is 5.32 Å². The molecule has 0 radical (unpaired) electrons. The number of carbonyl (C=O) groups is 5. The van der Waals surface area contributed by atoms with Gasteiger partial charge in [-0.25, -0.2) is 0 Å². The molecule has 0 aromatic heterocycles. The lowest BCUT2D eigenvalue weighted by Crippen LogP contribution is -2.57. The van der Waals surface area contributed by atoms with E-state index in [9.17, 15) is 24.0 Å². The summed E-state index contributed by atoms with van der Waals surface area (Å²) in [4.78, 5) is 63.1. The van der Waals surface area contributed by atoms with Crippen molar-refractivity contribution in [2.45, 2.75) is 71.0 Å². The standard InChI is InChI=1S/C18H30N4O6/c1-4-20-16(26)13-7-6-10-21(13)18(28)12(3)22(17(27)11(2)19)14(23)8-5-9-15(24)25/h11-13H,4-10,19H2,1-3H3,(H,20,26)(H,24,25)/t11-,12-,13-/m0/s1. The minimum atomic E-state index is -1.13. The Labute approximate surface area is 164 Å². The second-order valence-corrected chi connectivity index (χ2v) is 6.90. The van der Waals surface area contributed by atoms with Gasteiger partial charge in [0.1, 0.15) is 12.1 Å². The van der Waals surface area contributed by atoms with Gasteiger partial charge in [0.25, 0.3) is 0 Å². The molecule has 0 spiro atoms.